The van der Waals surface area contributed by atoms with Gasteiger partial charge in [0.2, 0.25) is 5.91 Å². The van der Waals surface area contributed by atoms with Gasteiger partial charge >= 0.3 is 0 Å². The molecule has 0 aliphatic heterocycles. The van der Waals surface area contributed by atoms with Crippen LogP contribution in [0.15, 0.2) is 41.9 Å². The molecule has 0 atom stereocenters. The average Bonchev–Trinajstić information content (AvgIpc) is 3.22. The molecule has 0 aliphatic carbocycles. The van der Waals surface area contributed by atoms with Crippen LogP contribution in [0.3, 0.4) is 0 Å². The Morgan fingerprint density at radius 3 is 2.72 bits per heavy atom. The summed E-state index contributed by atoms with van der Waals surface area (Å²) in [5.74, 6) is -1.04. The molecule has 0 radical (unpaired) electrons. The van der Waals surface area contributed by atoms with Crippen molar-refractivity contribution in [3.8, 4) is 10.6 Å². The lowest BCUT2D eigenvalue weighted by atomic mass is 10.2. The lowest BCUT2D eigenvalue weighted by molar-refractivity contribution is -0.118. The number of aromatic nitrogens is 2. The summed E-state index contributed by atoms with van der Waals surface area (Å²) < 4.78 is 14.5. The van der Waals surface area contributed by atoms with E-state index in [2.05, 4.69) is 15.3 Å². The number of carbonyl (C=O) groups excluding carboxylic acids is 2. The molecule has 0 saturated carbocycles. The summed E-state index contributed by atoms with van der Waals surface area (Å²) in [6.07, 6.45) is 1.87. The molecular formula is C20H18ClFN4O2S. The number of amides is 2. The maximum atomic E-state index is 14.5. The molecule has 0 bridgehead atoms. The first kappa shape index (κ1) is 20.9. The molecule has 1 N–H and O–H groups in total. The third-order valence-corrected chi connectivity index (χ3v) is 5.33. The minimum atomic E-state index is -0.525. The quantitative estimate of drug-likeness (QED) is 0.589. The van der Waals surface area contributed by atoms with Gasteiger partial charge in [-0.15, -0.1) is 11.3 Å². The van der Waals surface area contributed by atoms with Gasteiger partial charge in [0.1, 0.15) is 21.7 Å². The number of pyridine rings is 1. The Morgan fingerprint density at radius 2 is 2.07 bits per heavy atom. The summed E-state index contributed by atoms with van der Waals surface area (Å²) >= 11 is 6.98. The normalized spacial score (nSPS) is 10.6. The van der Waals surface area contributed by atoms with Crippen molar-refractivity contribution in [1.82, 2.24) is 15.3 Å². The van der Waals surface area contributed by atoms with Crippen molar-refractivity contribution in [2.75, 3.05) is 11.9 Å². The number of hydrogen-bond donors (Lipinski definition) is 1. The van der Waals surface area contributed by atoms with Crippen LogP contribution in [0.25, 0.3) is 10.6 Å². The van der Waals surface area contributed by atoms with Crippen molar-refractivity contribution in [1.29, 1.82) is 0 Å². The number of halogens is 2. The summed E-state index contributed by atoms with van der Waals surface area (Å²) in [6, 6.07) is 7.94. The maximum Gasteiger partial charge on any atom is 0.271 e. The fraction of sp³-hybridized carbons (Fsp3) is 0.200. The number of benzene rings is 1. The monoisotopic (exact) mass is 432 g/mol. The van der Waals surface area contributed by atoms with Crippen molar-refractivity contribution in [3.05, 3.63) is 64.1 Å². The van der Waals surface area contributed by atoms with Crippen LogP contribution in [-0.2, 0) is 11.3 Å². The van der Waals surface area contributed by atoms with Gasteiger partial charge in [-0.2, -0.15) is 0 Å². The summed E-state index contributed by atoms with van der Waals surface area (Å²) in [4.78, 5) is 33.6. The van der Waals surface area contributed by atoms with Crippen LogP contribution in [0.4, 0.5) is 10.1 Å². The van der Waals surface area contributed by atoms with Crippen LogP contribution in [0.5, 0.6) is 0 Å². The topological polar surface area (TPSA) is 75.2 Å². The van der Waals surface area contributed by atoms with Crippen LogP contribution >= 0.6 is 22.9 Å². The molecule has 2 aromatic heterocycles. The number of nitrogens with one attached hydrogen (secondary N) is 1. The number of rotatable bonds is 6. The summed E-state index contributed by atoms with van der Waals surface area (Å²) in [7, 11) is 1.53. The molecule has 150 valence electrons. The highest BCUT2D eigenvalue weighted by molar-refractivity contribution is 7.13. The van der Waals surface area contributed by atoms with Gasteiger partial charge in [0, 0.05) is 37.2 Å². The molecule has 6 nitrogen and oxygen atoms in total. The fourth-order valence-electron chi connectivity index (χ4n) is 2.58. The zero-order valence-corrected chi connectivity index (χ0v) is 17.4. The van der Waals surface area contributed by atoms with E-state index in [0.29, 0.717) is 15.7 Å². The number of anilines is 1. The van der Waals surface area contributed by atoms with Gasteiger partial charge in [-0.25, -0.2) is 14.4 Å². The fourth-order valence-corrected chi connectivity index (χ4v) is 3.49. The van der Waals surface area contributed by atoms with E-state index in [1.165, 1.54) is 35.4 Å². The Hall–Kier alpha value is -2.84. The molecule has 3 rings (SSSR count). The highest BCUT2D eigenvalue weighted by Gasteiger charge is 2.16. The van der Waals surface area contributed by atoms with Gasteiger partial charge < -0.3 is 10.2 Å². The van der Waals surface area contributed by atoms with E-state index in [4.69, 9.17) is 11.6 Å². The number of thiazole rings is 1. The van der Waals surface area contributed by atoms with Crippen LogP contribution in [0.1, 0.15) is 29.4 Å². The van der Waals surface area contributed by atoms with E-state index in [1.807, 2.05) is 0 Å². The summed E-state index contributed by atoms with van der Waals surface area (Å²) in [5.41, 5.74) is 1.79. The highest BCUT2D eigenvalue weighted by Crippen LogP contribution is 2.28. The van der Waals surface area contributed by atoms with Crippen molar-refractivity contribution in [3.63, 3.8) is 0 Å². The zero-order chi connectivity index (χ0) is 21.0. The molecule has 1 aromatic carbocycles. The molecule has 9 heteroatoms. The predicted molar refractivity (Wildman–Crippen MR) is 112 cm³/mol. The Balaban J connectivity index is 1.70. The summed E-state index contributed by atoms with van der Waals surface area (Å²) in [5, 5.41) is 5.27. The van der Waals surface area contributed by atoms with E-state index < -0.39 is 5.82 Å². The molecule has 2 amide bonds. The molecule has 0 spiro atoms. The predicted octanol–water partition coefficient (Wildman–Crippen LogP) is 4.30. The molecule has 0 unspecified atom stereocenters. The van der Waals surface area contributed by atoms with E-state index >= 15 is 0 Å². The largest absolute Gasteiger partial charge is 0.347 e. The van der Waals surface area contributed by atoms with Gasteiger partial charge in [-0.1, -0.05) is 24.6 Å². The first-order valence-electron chi connectivity index (χ1n) is 8.79. The second-order valence-corrected chi connectivity index (χ2v) is 7.43. The third-order valence-electron chi connectivity index (χ3n) is 4.21. The Labute approximate surface area is 176 Å². The molecule has 0 fully saturated rings. The van der Waals surface area contributed by atoms with Crippen molar-refractivity contribution in [2.45, 2.75) is 19.9 Å². The van der Waals surface area contributed by atoms with Crippen LogP contribution < -0.4 is 10.2 Å². The second-order valence-electron chi connectivity index (χ2n) is 6.18. The van der Waals surface area contributed by atoms with Gasteiger partial charge in [0.05, 0.1) is 5.69 Å². The standard InChI is InChI=1S/C20H18ClFN4O2S/c1-3-18(27)26(2)16-6-5-13(8-14(16)22)20-25-15(11-29-20)19(28)24-10-12-4-7-17(21)23-9-12/h4-9,11H,3,10H2,1-2H3,(H,24,28). The molecule has 2 heterocycles. The van der Waals surface area contributed by atoms with Gasteiger partial charge in [0.25, 0.3) is 5.91 Å². The third kappa shape index (κ3) is 4.96. The smallest absolute Gasteiger partial charge is 0.271 e. The van der Waals surface area contributed by atoms with E-state index in [9.17, 15) is 14.0 Å². The molecule has 0 saturated heterocycles. The molecule has 3 aromatic rings. The lowest BCUT2D eigenvalue weighted by Gasteiger charge is -2.17. The minimum absolute atomic E-state index is 0.180. The molecule has 0 aliphatic rings. The van der Waals surface area contributed by atoms with Crippen LogP contribution in [-0.4, -0.2) is 28.8 Å². The van der Waals surface area contributed by atoms with Gasteiger partial charge in [-0.3, -0.25) is 9.59 Å². The Morgan fingerprint density at radius 1 is 1.28 bits per heavy atom. The Bertz CT molecular complexity index is 1040. The first-order chi connectivity index (χ1) is 13.9. The SMILES string of the molecule is CCC(=O)N(C)c1ccc(-c2nc(C(=O)NCc3ccc(Cl)nc3)cs2)cc1F. The maximum absolute atomic E-state index is 14.5. The van der Waals surface area contributed by atoms with E-state index in [0.717, 1.165) is 5.56 Å². The number of nitrogens with zero attached hydrogens (tertiary/aromatic N) is 3. The zero-order valence-electron chi connectivity index (χ0n) is 15.8. The van der Waals surface area contributed by atoms with Gasteiger partial charge in [-0.05, 0) is 29.8 Å². The van der Waals surface area contributed by atoms with Crippen LogP contribution in [0.2, 0.25) is 5.15 Å². The summed E-state index contributed by atoms with van der Waals surface area (Å²) in [6.45, 7) is 2.01. The Kier molecular flexibility index (Phi) is 6.56. The van der Waals surface area contributed by atoms with Gasteiger partial charge in [0.15, 0.2) is 0 Å². The van der Waals surface area contributed by atoms with Crippen molar-refractivity contribution >= 4 is 40.4 Å². The second kappa shape index (κ2) is 9.11. The van der Waals surface area contributed by atoms with Crippen LogP contribution in [0, 0.1) is 5.82 Å². The molecule has 29 heavy (non-hydrogen) atoms. The average molecular weight is 433 g/mol. The van der Waals surface area contributed by atoms with Crippen molar-refractivity contribution < 1.29 is 14.0 Å². The highest BCUT2D eigenvalue weighted by atomic mass is 35.5. The van der Waals surface area contributed by atoms with E-state index in [1.54, 1.807) is 36.7 Å². The number of hydrogen-bond acceptors (Lipinski definition) is 5. The molecular weight excluding hydrogens is 415 g/mol. The number of carbonyl (C=O) groups is 2. The first-order valence-corrected chi connectivity index (χ1v) is 10.1. The van der Waals surface area contributed by atoms with E-state index in [-0.39, 0.29) is 36.2 Å². The lowest BCUT2D eigenvalue weighted by Crippen LogP contribution is -2.26. The van der Waals surface area contributed by atoms with Crippen molar-refractivity contribution in [2.24, 2.45) is 0 Å². The minimum Gasteiger partial charge on any atom is -0.347 e.